The summed E-state index contributed by atoms with van der Waals surface area (Å²) in [6, 6.07) is 5.75. The minimum absolute atomic E-state index is 0.125. The molecule has 0 N–H and O–H groups in total. The fourth-order valence-corrected chi connectivity index (χ4v) is 2.15. The van der Waals surface area contributed by atoms with Gasteiger partial charge in [0.25, 0.3) is 0 Å². The number of hydrogen-bond donors (Lipinski definition) is 0. The molecule has 0 aromatic heterocycles. The van der Waals surface area contributed by atoms with Crippen LogP contribution in [0.3, 0.4) is 0 Å². The summed E-state index contributed by atoms with van der Waals surface area (Å²) < 4.78 is 10.5. The molecule has 1 aliphatic heterocycles. The van der Waals surface area contributed by atoms with Gasteiger partial charge in [-0.1, -0.05) is 6.92 Å². The van der Waals surface area contributed by atoms with Gasteiger partial charge in [-0.3, -0.25) is 9.69 Å². The Morgan fingerprint density at radius 2 is 2.05 bits per heavy atom. The van der Waals surface area contributed by atoms with Crippen molar-refractivity contribution in [1.29, 1.82) is 0 Å². The highest BCUT2D eigenvalue weighted by atomic mass is 16.7. The Bertz CT molecular complexity index is 457. The quantitative estimate of drug-likeness (QED) is 0.740. The third-order valence-electron chi connectivity index (χ3n) is 3.28. The zero-order chi connectivity index (χ0) is 13.8. The number of hydrogen-bond acceptors (Lipinski definition) is 4. The van der Waals surface area contributed by atoms with Crippen molar-refractivity contribution < 1.29 is 14.3 Å². The average Bonchev–Trinajstić information content (AvgIpc) is 2.85. The molecule has 0 saturated heterocycles. The van der Waals surface area contributed by atoms with E-state index in [0.29, 0.717) is 29.6 Å². The molecule has 19 heavy (non-hydrogen) atoms. The summed E-state index contributed by atoms with van der Waals surface area (Å²) >= 11 is 0. The van der Waals surface area contributed by atoms with E-state index in [-0.39, 0.29) is 12.6 Å². The number of ether oxygens (including phenoxy) is 2. The van der Waals surface area contributed by atoms with Gasteiger partial charge in [0, 0.05) is 11.6 Å². The number of benzene rings is 1. The van der Waals surface area contributed by atoms with Crippen LogP contribution in [0.4, 0.5) is 0 Å². The number of carbonyl (C=O) groups is 1. The Labute approximate surface area is 114 Å². The van der Waals surface area contributed by atoms with Gasteiger partial charge in [-0.2, -0.15) is 0 Å². The van der Waals surface area contributed by atoms with E-state index in [1.807, 2.05) is 0 Å². The highest BCUT2D eigenvalue weighted by Gasteiger charge is 2.18. The fraction of sp³-hybridized carbons (Fsp3) is 0.533. The number of fused-ring (bicyclic) bond motifs is 1. The topological polar surface area (TPSA) is 38.8 Å². The SMILES string of the molecule is CCCN(CC(=O)c1ccc2c(c1)OCO2)C(C)C. The van der Waals surface area contributed by atoms with Crippen molar-refractivity contribution in [2.45, 2.75) is 33.2 Å². The van der Waals surface area contributed by atoms with Crippen LogP contribution in [0.2, 0.25) is 0 Å². The monoisotopic (exact) mass is 263 g/mol. The normalized spacial score (nSPS) is 13.3. The average molecular weight is 263 g/mol. The molecule has 1 heterocycles. The third-order valence-corrected chi connectivity index (χ3v) is 3.28. The van der Waals surface area contributed by atoms with Crippen LogP contribution >= 0.6 is 0 Å². The fourth-order valence-electron chi connectivity index (χ4n) is 2.15. The molecule has 4 heteroatoms. The van der Waals surface area contributed by atoms with Gasteiger partial charge in [-0.05, 0) is 45.0 Å². The second-order valence-corrected chi connectivity index (χ2v) is 5.06. The van der Waals surface area contributed by atoms with Gasteiger partial charge < -0.3 is 9.47 Å². The molecule has 0 unspecified atom stereocenters. The maximum Gasteiger partial charge on any atom is 0.231 e. The summed E-state index contributed by atoms with van der Waals surface area (Å²) in [7, 11) is 0. The molecule has 0 fully saturated rings. The smallest absolute Gasteiger partial charge is 0.231 e. The maximum atomic E-state index is 12.3. The number of rotatable bonds is 6. The van der Waals surface area contributed by atoms with Gasteiger partial charge >= 0.3 is 0 Å². The first kappa shape index (κ1) is 13.9. The van der Waals surface area contributed by atoms with Crippen molar-refractivity contribution in [3.8, 4) is 11.5 Å². The molecule has 1 aliphatic rings. The lowest BCUT2D eigenvalue weighted by atomic mass is 10.1. The predicted octanol–water partition coefficient (Wildman–Crippen LogP) is 2.72. The van der Waals surface area contributed by atoms with Crippen LogP contribution in [0, 0.1) is 0 Å². The summed E-state index contributed by atoms with van der Waals surface area (Å²) in [6.45, 7) is 7.98. The van der Waals surface area contributed by atoms with Crippen LogP contribution in [0.25, 0.3) is 0 Å². The molecule has 0 aliphatic carbocycles. The van der Waals surface area contributed by atoms with Crippen LogP contribution in [-0.4, -0.2) is 36.6 Å². The molecule has 2 rings (SSSR count). The molecule has 0 bridgehead atoms. The standard InChI is InChI=1S/C15H21NO3/c1-4-7-16(11(2)3)9-13(17)12-5-6-14-15(8-12)19-10-18-14/h5-6,8,11H,4,7,9-10H2,1-3H3. The van der Waals surface area contributed by atoms with Crippen LogP contribution in [0.15, 0.2) is 18.2 Å². The number of ketones is 1. The van der Waals surface area contributed by atoms with Crippen LogP contribution in [0.5, 0.6) is 11.5 Å². The molecule has 0 radical (unpaired) electrons. The highest BCUT2D eigenvalue weighted by Crippen LogP contribution is 2.32. The molecule has 0 atom stereocenters. The Morgan fingerprint density at radius 3 is 2.74 bits per heavy atom. The predicted molar refractivity (Wildman–Crippen MR) is 73.9 cm³/mol. The summed E-state index contributed by atoms with van der Waals surface area (Å²) in [4.78, 5) is 14.5. The van der Waals surface area contributed by atoms with Crippen molar-refractivity contribution in [3.05, 3.63) is 23.8 Å². The van der Waals surface area contributed by atoms with E-state index in [0.717, 1.165) is 13.0 Å². The largest absolute Gasteiger partial charge is 0.454 e. The Morgan fingerprint density at radius 1 is 1.32 bits per heavy atom. The first-order valence-electron chi connectivity index (χ1n) is 6.78. The number of Topliss-reactive ketones (excluding diaryl/α,β-unsaturated/α-hetero) is 1. The van der Waals surface area contributed by atoms with Gasteiger partial charge in [0.2, 0.25) is 6.79 Å². The van der Waals surface area contributed by atoms with Crippen molar-refractivity contribution in [2.24, 2.45) is 0 Å². The molecule has 0 saturated carbocycles. The van der Waals surface area contributed by atoms with E-state index < -0.39 is 0 Å². The first-order valence-corrected chi connectivity index (χ1v) is 6.78. The highest BCUT2D eigenvalue weighted by molar-refractivity contribution is 5.98. The van der Waals surface area contributed by atoms with Gasteiger partial charge in [-0.25, -0.2) is 0 Å². The van der Waals surface area contributed by atoms with Crippen LogP contribution in [0.1, 0.15) is 37.6 Å². The summed E-state index contributed by atoms with van der Waals surface area (Å²) in [5.74, 6) is 1.50. The molecule has 0 amide bonds. The minimum Gasteiger partial charge on any atom is -0.454 e. The second kappa shape index (κ2) is 6.06. The molecule has 1 aromatic carbocycles. The van der Waals surface area contributed by atoms with Crippen molar-refractivity contribution in [3.63, 3.8) is 0 Å². The van der Waals surface area contributed by atoms with E-state index in [2.05, 4.69) is 25.7 Å². The lowest BCUT2D eigenvalue weighted by molar-refractivity contribution is 0.0905. The zero-order valence-electron chi connectivity index (χ0n) is 11.8. The Kier molecular flexibility index (Phi) is 4.43. The van der Waals surface area contributed by atoms with E-state index in [1.165, 1.54) is 0 Å². The maximum absolute atomic E-state index is 12.3. The molecule has 0 spiro atoms. The van der Waals surface area contributed by atoms with Gasteiger partial charge in [-0.15, -0.1) is 0 Å². The summed E-state index contributed by atoms with van der Waals surface area (Å²) in [5.41, 5.74) is 0.686. The number of nitrogens with zero attached hydrogens (tertiary/aromatic N) is 1. The van der Waals surface area contributed by atoms with Gasteiger partial charge in [0.1, 0.15) is 0 Å². The van der Waals surface area contributed by atoms with E-state index >= 15 is 0 Å². The Hall–Kier alpha value is -1.55. The van der Waals surface area contributed by atoms with Crippen LogP contribution < -0.4 is 9.47 Å². The van der Waals surface area contributed by atoms with Gasteiger partial charge in [0.15, 0.2) is 17.3 Å². The van der Waals surface area contributed by atoms with E-state index in [9.17, 15) is 4.79 Å². The lowest BCUT2D eigenvalue weighted by Crippen LogP contribution is -2.36. The van der Waals surface area contributed by atoms with Gasteiger partial charge in [0.05, 0.1) is 6.54 Å². The number of carbonyl (C=O) groups excluding carboxylic acids is 1. The van der Waals surface area contributed by atoms with Crippen LogP contribution in [-0.2, 0) is 0 Å². The van der Waals surface area contributed by atoms with Crippen molar-refractivity contribution >= 4 is 5.78 Å². The molecule has 104 valence electrons. The third kappa shape index (κ3) is 3.26. The minimum atomic E-state index is 0.125. The Balaban J connectivity index is 2.07. The lowest BCUT2D eigenvalue weighted by Gasteiger charge is -2.25. The van der Waals surface area contributed by atoms with E-state index in [1.54, 1.807) is 18.2 Å². The summed E-state index contributed by atoms with van der Waals surface area (Å²) in [5, 5.41) is 0. The molecular weight excluding hydrogens is 242 g/mol. The summed E-state index contributed by atoms with van der Waals surface area (Å²) in [6.07, 6.45) is 1.05. The van der Waals surface area contributed by atoms with Crippen molar-refractivity contribution in [1.82, 2.24) is 4.90 Å². The molecule has 4 nitrogen and oxygen atoms in total. The zero-order valence-corrected chi connectivity index (χ0v) is 11.8. The second-order valence-electron chi connectivity index (χ2n) is 5.06. The first-order chi connectivity index (χ1) is 9.11. The molecular formula is C15H21NO3. The molecule has 1 aromatic rings. The van der Waals surface area contributed by atoms with E-state index in [4.69, 9.17) is 9.47 Å². The van der Waals surface area contributed by atoms with Crippen molar-refractivity contribution in [2.75, 3.05) is 19.9 Å².